The number of aryl methyl sites for hydroxylation is 1. The van der Waals surface area contributed by atoms with Gasteiger partial charge < -0.3 is 4.42 Å². The largest absolute Gasteiger partial charge is 0.441 e. The van der Waals surface area contributed by atoms with E-state index in [1.807, 2.05) is 0 Å². The molecule has 0 amide bonds. The van der Waals surface area contributed by atoms with Crippen LogP contribution in [0.5, 0.6) is 0 Å². The first kappa shape index (κ1) is 9.41. The fraction of sp³-hybridized carbons (Fsp3) is 0.0909. The van der Waals surface area contributed by atoms with Crippen molar-refractivity contribution in [2.45, 2.75) is 6.92 Å². The number of halogens is 1. The highest BCUT2D eigenvalue weighted by Gasteiger charge is 2.08. The SMILES string of the molecule is Cc1cnc(-c2ccc(F)c(C#N)c2)o1. The van der Waals surface area contributed by atoms with Gasteiger partial charge in [0, 0.05) is 5.56 Å². The molecule has 0 radical (unpaired) electrons. The summed E-state index contributed by atoms with van der Waals surface area (Å²) in [4.78, 5) is 3.99. The molecule has 1 aromatic heterocycles. The topological polar surface area (TPSA) is 49.8 Å². The Bertz CT molecular complexity index is 540. The van der Waals surface area contributed by atoms with Gasteiger partial charge in [0.15, 0.2) is 0 Å². The molecular weight excluding hydrogens is 195 g/mol. The highest BCUT2D eigenvalue weighted by atomic mass is 19.1. The zero-order valence-corrected chi connectivity index (χ0v) is 7.99. The van der Waals surface area contributed by atoms with Crippen LogP contribution in [-0.4, -0.2) is 4.98 Å². The summed E-state index contributed by atoms with van der Waals surface area (Å²) in [5.74, 6) is 0.529. The van der Waals surface area contributed by atoms with Gasteiger partial charge in [0.25, 0.3) is 0 Å². The maximum absolute atomic E-state index is 13.0. The van der Waals surface area contributed by atoms with Crippen molar-refractivity contribution >= 4 is 0 Å². The van der Waals surface area contributed by atoms with Gasteiger partial charge in [-0.05, 0) is 25.1 Å². The maximum atomic E-state index is 13.0. The summed E-state index contributed by atoms with van der Waals surface area (Å²) < 4.78 is 18.3. The Labute approximate surface area is 85.8 Å². The fourth-order valence-corrected chi connectivity index (χ4v) is 1.23. The molecule has 74 valence electrons. The van der Waals surface area contributed by atoms with Gasteiger partial charge in [0.1, 0.15) is 17.6 Å². The summed E-state index contributed by atoms with van der Waals surface area (Å²) >= 11 is 0. The van der Waals surface area contributed by atoms with E-state index >= 15 is 0 Å². The first-order valence-electron chi connectivity index (χ1n) is 4.33. The molecule has 0 N–H and O–H groups in total. The summed E-state index contributed by atoms with van der Waals surface area (Å²) in [6, 6.07) is 5.94. The van der Waals surface area contributed by atoms with Crippen molar-refractivity contribution in [1.82, 2.24) is 4.98 Å². The molecule has 0 saturated carbocycles. The van der Waals surface area contributed by atoms with Crippen LogP contribution in [0.4, 0.5) is 4.39 Å². The van der Waals surface area contributed by atoms with Crippen LogP contribution in [0.15, 0.2) is 28.8 Å². The van der Waals surface area contributed by atoms with Gasteiger partial charge in [-0.1, -0.05) is 0 Å². The van der Waals surface area contributed by atoms with Gasteiger partial charge >= 0.3 is 0 Å². The van der Waals surface area contributed by atoms with Crippen molar-refractivity contribution in [3.8, 4) is 17.5 Å². The van der Waals surface area contributed by atoms with Crippen molar-refractivity contribution in [3.05, 3.63) is 41.5 Å². The monoisotopic (exact) mass is 202 g/mol. The molecule has 1 aromatic carbocycles. The Morgan fingerprint density at radius 2 is 2.27 bits per heavy atom. The Balaban J connectivity index is 2.51. The average Bonchev–Trinajstić information content (AvgIpc) is 2.66. The summed E-state index contributed by atoms with van der Waals surface area (Å²) in [6.07, 6.45) is 1.57. The molecule has 0 saturated heterocycles. The van der Waals surface area contributed by atoms with Gasteiger partial charge in [0.2, 0.25) is 5.89 Å². The number of aromatic nitrogens is 1. The molecule has 1 heterocycles. The molecule has 0 unspecified atom stereocenters. The summed E-state index contributed by atoms with van der Waals surface area (Å²) in [6.45, 7) is 1.77. The van der Waals surface area contributed by atoms with E-state index < -0.39 is 5.82 Å². The molecule has 0 spiro atoms. The molecular formula is C11H7FN2O. The summed E-state index contributed by atoms with van der Waals surface area (Å²) in [5.41, 5.74) is 0.587. The van der Waals surface area contributed by atoms with Gasteiger partial charge in [-0.25, -0.2) is 9.37 Å². The second kappa shape index (κ2) is 3.54. The third kappa shape index (κ3) is 1.72. The lowest BCUT2D eigenvalue weighted by molar-refractivity contribution is 0.542. The lowest BCUT2D eigenvalue weighted by Gasteiger charge is -1.97. The van der Waals surface area contributed by atoms with E-state index in [1.165, 1.54) is 18.2 Å². The zero-order valence-electron chi connectivity index (χ0n) is 7.99. The number of rotatable bonds is 1. The molecule has 0 bridgehead atoms. The van der Waals surface area contributed by atoms with E-state index in [2.05, 4.69) is 4.98 Å². The number of benzene rings is 1. The van der Waals surface area contributed by atoms with Crippen LogP contribution < -0.4 is 0 Å². The van der Waals surface area contributed by atoms with Crippen molar-refractivity contribution in [3.63, 3.8) is 0 Å². The van der Waals surface area contributed by atoms with Crippen molar-refractivity contribution in [2.24, 2.45) is 0 Å². The molecule has 0 atom stereocenters. The van der Waals surface area contributed by atoms with E-state index in [0.29, 0.717) is 17.2 Å². The molecule has 0 aliphatic rings. The maximum Gasteiger partial charge on any atom is 0.226 e. The lowest BCUT2D eigenvalue weighted by Crippen LogP contribution is -1.85. The summed E-state index contributed by atoms with van der Waals surface area (Å²) in [5, 5.41) is 8.65. The Hall–Kier alpha value is -2.15. The lowest BCUT2D eigenvalue weighted by atomic mass is 10.1. The fourth-order valence-electron chi connectivity index (χ4n) is 1.23. The van der Waals surface area contributed by atoms with Gasteiger partial charge in [-0.2, -0.15) is 5.26 Å². The third-order valence-corrected chi connectivity index (χ3v) is 1.96. The highest BCUT2D eigenvalue weighted by Crippen LogP contribution is 2.21. The average molecular weight is 202 g/mol. The van der Waals surface area contributed by atoms with Crippen molar-refractivity contribution in [1.29, 1.82) is 5.26 Å². The number of nitriles is 1. The van der Waals surface area contributed by atoms with E-state index in [-0.39, 0.29) is 5.56 Å². The predicted molar refractivity (Wildman–Crippen MR) is 51.3 cm³/mol. The minimum Gasteiger partial charge on any atom is -0.441 e. The summed E-state index contributed by atoms with van der Waals surface area (Å²) in [7, 11) is 0. The second-order valence-corrected chi connectivity index (χ2v) is 3.08. The van der Waals surface area contributed by atoms with Crippen LogP contribution in [0.1, 0.15) is 11.3 Å². The molecule has 3 nitrogen and oxygen atoms in total. The molecule has 15 heavy (non-hydrogen) atoms. The van der Waals surface area contributed by atoms with E-state index in [9.17, 15) is 4.39 Å². The number of oxazole rings is 1. The van der Waals surface area contributed by atoms with E-state index in [0.717, 1.165) is 0 Å². The Morgan fingerprint density at radius 1 is 1.47 bits per heavy atom. The molecule has 0 aliphatic heterocycles. The van der Waals surface area contributed by atoms with Crippen LogP contribution in [0.2, 0.25) is 0 Å². The van der Waals surface area contributed by atoms with E-state index in [1.54, 1.807) is 19.2 Å². The highest BCUT2D eigenvalue weighted by molar-refractivity contribution is 5.56. The van der Waals surface area contributed by atoms with Gasteiger partial charge in [0.05, 0.1) is 11.8 Å². The number of hydrogen-bond acceptors (Lipinski definition) is 3. The standard InChI is InChI=1S/C11H7FN2O/c1-7-6-14-11(15-7)8-2-3-10(12)9(4-8)5-13/h2-4,6H,1H3. The minimum atomic E-state index is -0.537. The first-order chi connectivity index (χ1) is 7.20. The van der Waals surface area contributed by atoms with E-state index in [4.69, 9.17) is 9.68 Å². The van der Waals surface area contributed by atoms with Crippen LogP contribution in [0.25, 0.3) is 11.5 Å². The minimum absolute atomic E-state index is 0.0108. The molecule has 4 heteroatoms. The molecule has 0 aliphatic carbocycles. The zero-order chi connectivity index (χ0) is 10.8. The predicted octanol–water partition coefficient (Wildman–Crippen LogP) is 2.66. The van der Waals surface area contributed by atoms with Crippen LogP contribution >= 0.6 is 0 Å². The smallest absolute Gasteiger partial charge is 0.226 e. The van der Waals surface area contributed by atoms with Crippen molar-refractivity contribution < 1.29 is 8.81 Å². The third-order valence-electron chi connectivity index (χ3n) is 1.96. The molecule has 0 fully saturated rings. The van der Waals surface area contributed by atoms with Gasteiger partial charge in [-0.3, -0.25) is 0 Å². The van der Waals surface area contributed by atoms with Crippen LogP contribution in [0, 0.1) is 24.1 Å². The Morgan fingerprint density at radius 3 is 2.87 bits per heavy atom. The molecule has 2 rings (SSSR count). The quantitative estimate of drug-likeness (QED) is 0.714. The number of hydrogen-bond donors (Lipinski definition) is 0. The Kier molecular flexibility index (Phi) is 2.22. The van der Waals surface area contributed by atoms with Gasteiger partial charge in [-0.15, -0.1) is 0 Å². The number of nitrogens with zero attached hydrogens (tertiary/aromatic N) is 2. The normalized spacial score (nSPS) is 9.93. The van der Waals surface area contributed by atoms with Crippen molar-refractivity contribution in [2.75, 3.05) is 0 Å². The van der Waals surface area contributed by atoms with Crippen LogP contribution in [-0.2, 0) is 0 Å². The second-order valence-electron chi connectivity index (χ2n) is 3.08. The molecule has 2 aromatic rings. The van der Waals surface area contributed by atoms with Crippen LogP contribution in [0.3, 0.4) is 0 Å². The first-order valence-corrected chi connectivity index (χ1v) is 4.33.